The van der Waals surface area contributed by atoms with Crippen molar-refractivity contribution < 1.29 is 9.90 Å². The number of nitriles is 1. The molecule has 0 aromatic rings. The van der Waals surface area contributed by atoms with Gasteiger partial charge in [-0.25, -0.2) is 0 Å². The molecule has 4 heteroatoms. The third kappa shape index (κ3) is 1.48. The van der Waals surface area contributed by atoms with Gasteiger partial charge in [0.15, 0.2) is 0 Å². The average Bonchev–Trinajstić information content (AvgIpc) is 2.20. The number of aliphatic carboxylic acids is 1. The van der Waals surface area contributed by atoms with Crippen molar-refractivity contribution >= 4 is 5.97 Å². The Bertz CT molecular complexity index is 276. The monoisotopic (exact) mass is 193 g/mol. The van der Waals surface area contributed by atoms with Crippen LogP contribution in [0.4, 0.5) is 0 Å². The van der Waals surface area contributed by atoms with Gasteiger partial charge in [-0.15, -0.1) is 0 Å². The van der Waals surface area contributed by atoms with Gasteiger partial charge in [0.05, 0.1) is 18.0 Å². The SMILES string of the molecule is N#CC(C(=O)[O-])C1CN2CCC1CC2. The molecule has 0 spiro atoms. The normalized spacial score (nSPS) is 37.5. The lowest BCUT2D eigenvalue weighted by Gasteiger charge is -2.46. The van der Waals surface area contributed by atoms with Crippen molar-refractivity contribution in [3.05, 3.63) is 0 Å². The topological polar surface area (TPSA) is 67.2 Å². The van der Waals surface area contributed by atoms with Crippen LogP contribution in [0.1, 0.15) is 12.8 Å². The average molecular weight is 193 g/mol. The number of nitrogens with zero attached hydrogens (tertiary/aromatic N) is 2. The van der Waals surface area contributed by atoms with E-state index in [1.165, 1.54) is 0 Å². The predicted octanol–water partition coefficient (Wildman–Crippen LogP) is -0.782. The van der Waals surface area contributed by atoms with E-state index in [1.54, 1.807) is 0 Å². The number of fused-ring (bicyclic) bond motifs is 3. The van der Waals surface area contributed by atoms with Gasteiger partial charge in [-0.2, -0.15) is 5.26 Å². The highest BCUT2D eigenvalue weighted by Crippen LogP contribution is 2.36. The molecule has 0 aromatic heterocycles. The molecule has 14 heavy (non-hydrogen) atoms. The number of rotatable bonds is 2. The van der Waals surface area contributed by atoms with Crippen LogP contribution in [0.3, 0.4) is 0 Å². The highest BCUT2D eigenvalue weighted by molar-refractivity contribution is 5.71. The minimum absolute atomic E-state index is 0.00694. The number of carboxylic acids is 1. The van der Waals surface area contributed by atoms with Crippen molar-refractivity contribution in [2.45, 2.75) is 12.8 Å². The molecule has 3 rings (SSSR count). The minimum atomic E-state index is -1.20. The molecule has 0 N–H and O–H groups in total. The van der Waals surface area contributed by atoms with E-state index in [4.69, 9.17) is 5.26 Å². The number of hydrogen-bond acceptors (Lipinski definition) is 4. The van der Waals surface area contributed by atoms with E-state index < -0.39 is 11.9 Å². The van der Waals surface area contributed by atoms with Gasteiger partial charge >= 0.3 is 0 Å². The van der Waals surface area contributed by atoms with Crippen molar-refractivity contribution in [3.8, 4) is 6.07 Å². The van der Waals surface area contributed by atoms with E-state index in [9.17, 15) is 9.90 Å². The summed E-state index contributed by atoms with van der Waals surface area (Å²) in [5, 5.41) is 19.5. The van der Waals surface area contributed by atoms with E-state index in [0.29, 0.717) is 5.92 Å². The Morgan fingerprint density at radius 2 is 2.14 bits per heavy atom. The smallest absolute Gasteiger partial charge is 0.0901 e. The number of carboxylic acid groups (broad SMARTS) is 1. The van der Waals surface area contributed by atoms with Crippen LogP contribution >= 0.6 is 0 Å². The van der Waals surface area contributed by atoms with Crippen LogP contribution in [0, 0.1) is 29.1 Å². The van der Waals surface area contributed by atoms with Crippen molar-refractivity contribution in [3.63, 3.8) is 0 Å². The lowest BCUT2D eigenvalue weighted by atomic mass is 9.73. The molecule has 0 aliphatic carbocycles. The molecular weight excluding hydrogens is 180 g/mol. The zero-order valence-electron chi connectivity index (χ0n) is 7.98. The Kier molecular flexibility index (Phi) is 2.42. The molecule has 0 saturated carbocycles. The van der Waals surface area contributed by atoms with Crippen molar-refractivity contribution in [1.29, 1.82) is 5.26 Å². The largest absolute Gasteiger partial charge is 0.549 e. The van der Waals surface area contributed by atoms with Crippen LogP contribution < -0.4 is 5.11 Å². The van der Waals surface area contributed by atoms with Crippen LogP contribution in [-0.2, 0) is 4.79 Å². The fraction of sp³-hybridized carbons (Fsp3) is 0.800. The number of piperidine rings is 3. The van der Waals surface area contributed by atoms with Gasteiger partial charge in [-0.1, -0.05) is 0 Å². The van der Waals surface area contributed by atoms with E-state index in [2.05, 4.69) is 4.90 Å². The van der Waals surface area contributed by atoms with Gasteiger partial charge in [0.1, 0.15) is 0 Å². The Morgan fingerprint density at radius 3 is 2.50 bits per heavy atom. The standard InChI is InChI=1S/C10H14N2O2/c11-5-8(10(13)14)9-6-12-3-1-7(9)2-4-12/h7-9H,1-4,6H2,(H,13,14)/p-1. The van der Waals surface area contributed by atoms with E-state index >= 15 is 0 Å². The van der Waals surface area contributed by atoms with E-state index in [-0.39, 0.29) is 5.92 Å². The highest BCUT2D eigenvalue weighted by atomic mass is 16.4. The van der Waals surface area contributed by atoms with Gasteiger partial charge in [-0.3, -0.25) is 0 Å². The fourth-order valence-corrected chi connectivity index (χ4v) is 2.71. The fourth-order valence-electron chi connectivity index (χ4n) is 2.71. The summed E-state index contributed by atoms with van der Waals surface area (Å²) in [6, 6.07) is 1.87. The van der Waals surface area contributed by atoms with Gasteiger partial charge in [0.2, 0.25) is 0 Å². The Balaban J connectivity index is 2.11. The zero-order chi connectivity index (χ0) is 10.1. The Morgan fingerprint density at radius 1 is 1.50 bits per heavy atom. The molecule has 2 unspecified atom stereocenters. The predicted molar refractivity (Wildman–Crippen MR) is 46.8 cm³/mol. The number of carbonyl (C=O) groups is 1. The summed E-state index contributed by atoms with van der Waals surface area (Å²) < 4.78 is 0. The minimum Gasteiger partial charge on any atom is -0.549 e. The third-order valence-electron chi connectivity index (χ3n) is 3.53. The maximum Gasteiger partial charge on any atom is 0.0901 e. The number of hydrogen-bond donors (Lipinski definition) is 0. The van der Waals surface area contributed by atoms with Crippen molar-refractivity contribution in [2.75, 3.05) is 19.6 Å². The summed E-state index contributed by atoms with van der Waals surface area (Å²) in [5.74, 6) is -1.70. The van der Waals surface area contributed by atoms with Crippen LogP contribution in [0.5, 0.6) is 0 Å². The van der Waals surface area contributed by atoms with Crippen molar-refractivity contribution in [1.82, 2.24) is 4.90 Å². The molecule has 3 aliphatic heterocycles. The lowest BCUT2D eigenvalue weighted by Crippen LogP contribution is -2.52. The van der Waals surface area contributed by atoms with Crippen LogP contribution in [0.2, 0.25) is 0 Å². The van der Waals surface area contributed by atoms with Crippen LogP contribution in [0.25, 0.3) is 0 Å². The second-order valence-corrected chi connectivity index (χ2v) is 4.23. The van der Waals surface area contributed by atoms with E-state index in [1.807, 2.05) is 6.07 Å². The molecule has 3 aliphatic rings. The maximum atomic E-state index is 10.8. The number of carbonyl (C=O) groups excluding carboxylic acids is 1. The molecule has 3 saturated heterocycles. The molecule has 76 valence electrons. The van der Waals surface area contributed by atoms with Gasteiger partial charge in [0, 0.05) is 6.54 Å². The molecule has 2 atom stereocenters. The molecule has 0 radical (unpaired) electrons. The van der Waals surface area contributed by atoms with Gasteiger partial charge in [-0.05, 0) is 37.8 Å². The van der Waals surface area contributed by atoms with Crippen molar-refractivity contribution in [2.24, 2.45) is 17.8 Å². The second-order valence-electron chi connectivity index (χ2n) is 4.23. The summed E-state index contributed by atoms with van der Waals surface area (Å²) in [6.07, 6.45) is 2.08. The van der Waals surface area contributed by atoms with Gasteiger partial charge in [0.25, 0.3) is 0 Å². The first-order chi connectivity index (χ1) is 6.72. The summed E-state index contributed by atoms with van der Waals surface area (Å²) in [7, 11) is 0. The summed E-state index contributed by atoms with van der Waals surface area (Å²) in [6.45, 7) is 2.88. The van der Waals surface area contributed by atoms with E-state index in [0.717, 1.165) is 32.5 Å². The first-order valence-corrected chi connectivity index (χ1v) is 5.05. The summed E-state index contributed by atoms with van der Waals surface area (Å²) in [4.78, 5) is 13.0. The molecule has 0 aromatic carbocycles. The molecule has 0 amide bonds. The second kappa shape index (κ2) is 3.58. The van der Waals surface area contributed by atoms with Crippen LogP contribution in [0.15, 0.2) is 0 Å². The van der Waals surface area contributed by atoms with Gasteiger partial charge < -0.3 is 14.8 Å². The maximum absolute atomic E-state index is 10.8. The molecule has 3 heterocycles. The molecular formula is C10H13N2O2-. The lowest BCUT2D eigenvalue weighted by molar-refractivity contribution is -0.312. The molecule has 3 fully saturated rings. The quantitative estimate of drug-likeness (QED) is 0.577. The summed E-state index contributed by atoms with van der Waals surface area (Å²) >= 11 is 0. The first-order valence-electron chi connectivity index (χ1n) is 5.05. The zero-order valence-corrected chi connectivity index (χ0v) is 7.98. The highest BCUT2D eigenvalue weighted by Gasteiger charge is 2.39. The summed E-state index contributed by atoms with van der Waals surface area (Å²) in [5.41, 5.74) is 0. The molecule has 4 nitrogen and oxygen atoms in total. The first kappa shape index (κ1) is 9.47. The molecule has 2 bridgehead atoms. The third-order valence-corrected chi connectivity index (χ3v) is 3.53. The Labute approximate surface area is 83.1 Å². The van der Waals surface area contributed by atoms with Crippen LogP contribution in [-0.4, -0.2) is 30.5 Å². The Hall–Kier alpha value is -1.08.